The second-order valence-electron chi connectivity index (χ2n) is 4.65. The molecule has 0 bridgehead atoms. The Balaban J connectivity index is 1.76. The van der Waals surface area contributed by atoms with E-state index in [1.807, 2.05) is 24.3 Å². The van der Waals surface area contributed by atoms with Crippen molar-refractivity contribution >= 4 is 5.97 Å². The fourth-order valence-corrected chi connectivity index (χ4v) is 1.74. The Bertz CT molecular complexity index is 395. The van der Waals surface area contributed by atoms with Crippen molar-refractivity contribution in [1.29, 1.82) is 0 Å². The standard InChI is InChI=1S/C14H18O4/c1-17-12-6-4-11(5-7-12)9-18-14(16)13(15)8-10-2-3-10/h4-7,10,13,15H,2-3,8-9H2,1H3. The van der Waals surface area contributed by atoms with Gasteiger partial charge < -0.3 is 14.6 Å². The zero-order valence-electron chi connectivity index (χ0n) is 10.5. The van der Waals surface area contributed by atoms with Crippen LogP contribution in [0.1, 0.15) is 24.8 Å². The van der Waals surface area contributed by atoms with Crippen LogP contribution in [0.2, 0.25) is 0 Å². The minimum Gasteiger partial charge on any atom is -0.497 e. The quantitative estimate of drug-likeness (QED) is 0.783. The van der Waals surface area contributed by atoms with Gasteiger partial charge >= 0.3 is 5.97 Å². The van der Waals surface area contributed by atoms with Gasteiger partial charge in [-0.1, -0.05) is 25.0 Å². The van der Waals surface area contributed by atoms with Crippen LogP contribution < -0.4 is 4.74 Å². The third-order valence-corrected chi connectivity index (χ3v) is 3.07. The number of aliphatic hydroxyl groups is 1. The monoisotopic (exact) mass is 250 g/mol. The maximum Gasteiger partial charge on any atom is 0.335 e. The molecule has 4 nitrogen and oxygen atoms in total. The number of aliphatic hydroxyl groups excluding tert-OH is 1. The van der Waals surface area contributed by atoms with E-state index in [-0.39, 0.29) is 6.61 Å². The molecule has 1 aliphatic carbocycles. The molecule has 0 aliphatic heterocycles. The minimum atomic E-state index is -0.976. The lowest BCUT2D eigenvalue weighted by Crippen LogP contribution is -2.23. The summed E-state index contributed by atoms with van der Waals surface area (Å²) in [4.78, 5) is 11.5. The van der Waals surface area contributed by atoms with Gasteiger partial charge in [-0.2, -0.15) is 0 Å². The number of hydrogen-bond acceptors (Lipinski definition) is 4. The number of esters is 1. The normalized spacial score (nSPS) is 16.1. The van der Waals surface area contributed by atoms with Crippen molar-refractivity contribution < 1.29 is 19.4 Å². The predicted octanol–water partition coefficient (Wildman–Crippen LogP) is 1.90. The van der Waals surface area contributed by atoms with Gasteiger partial charge in [0.1, 0.15) is 12.4 Å². The van der Waals surface area contributed by atoms with Crippen LogP contribution in [-0.2, 0) is 16.1 Å². The van der Waals surface area contributed by atoms with Gasteiger partial charge in [-0.05, 0) is 30.0 Å². The lowest BCUT2D eigenvalue weighted by molar-refractivity contribution is -0.155. The van der Waals surface area contributed by atoms with Gasteiger partial charge in [0.15, 0.2) is 6.10 Å². The summed E-state index contributed by atoms with van der Waals surface area (Å²) < 4.78 is 10.1. The number of carbonyl (C=O) groups is 1. The highest BCUT2D eigenvalue weighted by molar-refractivity contribution is 5.74. The van der Waals surface area contributed by atoms with Crippen molar-refractivity contribution in [2.75, 3.05) is 7.11 Å². The molecule has 0 amide bonds. The second-order valence-corrected chi connectivity index (χ2v) is 4.65. The van der Waals surface area contributed by atoms with E-state index in [1.165, 1.54) is 0 Å². The third kappa shape index (κ3) is 3.74. The first kappa shape index (κ1) is 12.9. The highest BCUT2D eigenvalue weighted by Gasteiger charge is 2.28. The number of hydrogen-bond donors (Lipinski definition) is 1. The first-order valence-corrected chi connectivity index (χ1v) is 6.16. The van der Waals surface area contributed by atoms with E-state index < -0.39 is 12.1 Å². The van der Waals surface area contributed by atoms with Crippen LogP contribution in [0, 0.1) is 5.92 Å². The Morgan fingerprint density at radius 1 is 1.39 bits per heavy atom. The second kappa shape index (κ2) is 5.87. The zero-order valence-corrected chi connectivity index (χ0v) is 10.5. The summed E-state index contributed by atoms with van der Waals surface area (Å²) in [6, 6.07) is 7.28. The van der Waals surface area contributed by atoms with Gasteiger partial charge in [-0.25, -0.2) is 4.79 Å². The van der Waals surface area contributed by atoms with Crippen molar-refractivity contribution in [2.45, 2.75) is 32.0 Å². The molecule has 4 heteroatoms. The molecule has 0 aromatic heterocycles. The van der Waals surface area contributed by atoms with Crippen LogP contribution in [0.4, 0.5) is 0 Å². The van der Waals surface area contributed by atoms with Crippen LogP contribution >= 0.6 is 0 Å². The summed E-state index contributed by atoms with van der Waals surface area (Å²) in [5.41, 5.74) is 0.878. The van der Waals surface area contributed by atoms with E-state index in [4.69, 9.17) is 9.47 Å². The molecule has 0 saturated heterocycles. The summed E-state index contributed by atoms with van der Waals surface area (Å²) in [7, 11) is 1.60. The Kier molecular flexibility index (Phi) is 4.20. The molecule has 1 unspecified atom stereocenters. The summed E-state index contributed by atoms with van der Waals surface area (Å²) in [5.74, 6) is 0.741. The largest absolute Gasteiger partial charge is 0.497 e. The molecule has 1 aromatic carbocycles. The lowest BCUT2D eigenvalue weighted by atomic mass is 10.2. The maximum absolute atomic E-state index is 11.5. The summed E-state index contributed by atoms with van der Waals surface area (Å²) >= 11 is 0. The average Bonchev–Trinajstić information content (AvgIpc) is 3.20. The number of benzene rings is 1. The fourth-order valence-electron chi connectivity index (χ4n) is 1.74. The topological polar surface area (TPSA) is 55.8 Å². The molecule has 1 atom stereocenters. The number of ether oxygens (including phenoxy) is 2. The van der Waals surface area contributed by atoms with Gasteiger partial charge in [0.2, 0.25) is 0 Å². The van der Waals surface area contributed by atoms with Crippen LogP contribution in [0.15, 0.2) is 24.3 Å². The van der Waals surface area contributed by atoms with Gasteiger partial charge in [-0.15, -0.1) is 0 Å². The van der Waals surface area contributed by atoms with E-state index in [0.29, 0.717) is 12.3 Å². The fraction of sp³-hybridized carbons (Fsp3) is 0.500. The van der Waals surface area contributed by atoms with Crippen LogP contribution in [0.25, 0.3) is 0 Å². The maximum atomic E-state index is 11.5. The average molecular weight is 250 g/mol. The Hall–Kier alpha value is -1.55. The molecule has 0 radical (unpaired) electrons. The Morgan fingerprint density at radius 2 is 2.06 bits per heavy atom. The van der Waals surface area contributed by atoms with E-state index in [2.05, 4.69) is 0 Å². The number of carbonyl (C=O) groups excluding carboxylic acids is 1. The van der Waals surface area contributed by atoms with E-state index in [0.717, 1.165) is 24.2 Å². The third-order valence-electron chi connectivity index (χ3n) is 3.07. The van der Waals surface area contributed by atoms with Crippen molar-refractivity contribution in [2.24, 2.45) is 5.92 Å². The van der Waals surface area contributed by atoms with Crippen LogP contribution in [-0.4, -0.2) is 24.3 Å². The first-order chi connectivity index (χ1) is 8.69. The highest BCUT2D eigenvalue weighted by Crippen LogP contribution is 2.33. The number of methoxy groups -OCH3 is 1. The minimum absolute atomic E-state index is 0.185. The molecular weight excluding hydrogens is 232 g/mol. The molecule has 1 saturated carbocycles. The van der Waals surface area contributed by atoms with E-state index in [1.54, 1.807) is 7.11 Å². The molecule has 1 N–H and O–H groups in total. The zero-order chi connectivity index (χ0) is 13.0. The van der Waals surface area contributed by atoms with Gasteiger partial charge in [0.05, 0.1) is 7.11 Å². The van der Waals surface area contributed by atoms with E-state index >= 15 is 0 Å². The van der Waals surface area contributed by atoms with Gasteiger partial charge in [0.25, 0.3) is 0 Å². The molecule has 98 valence electrons. The highest BCUT2D eigenvalue weighted by atomic mass is 16.5. The molecular formula is C14H18O4. The number of rotatable bonds is 6. The van der Waals surface area contributed by atoms with Crippen molar-refractivity contribution in [3.05, 3.63) is 29.8 Å². The molecule has 0 heterocycles. The Labute approximate surface area is 107 Å². The van der Waals surface area contributed by atoms with Gasteiger partial charge in [-0.3, -0.25) is 0 Å². The van der Waals surface area contributed by atoms with Crippen LogP contribution in [0.5, 0.6) is 5.75 Å². The summed E-state index contributed by atoms with van der Waals surface area (Å²) in [5, 5.41) is 9.59. The molecule has 1 aliphatic rings. The van der Waals surface area contributed by atoms with Crippen molar-refractivity contribution in [3.8, 4) is 5.75 Å². The SMILES string of the molecule is COc1ccc(COC(=O)C(O)CC2CC2)cc1. The molecule has 18 heavy (non-hydrogen) atoms. The Morgan fingerprint density at radius 3 is 2.61 bits per heavy atom. The summed E-state index contributed by atoms with van der Waals surface area (Å²) in [6.07, 6.45) is 1.78. The molecule has 1 aromatic rings. The predicted molar refractivity (Wildman–Crippen MR) is 66.1 cm³/mol. The summed E-state index contributed by atoms with van der Waals surface area (Å²) in [6.45, 7) is 0.185. The molecule has 0 spiro atoms. The molecule has 2 rings (SSSR count). The molecule has 1 fully saturated rings. The van der Waals surface area contributed by atoms with Crippen molar-refractivity contribution in [1.82, 2.24) is 0 Å². The lowest BCUT2D eigenvalue weighted by Gasteiger charge is -2.10. The van der Waals surface area contributed by atoms with Crippen molar-refractivity contribution in [3.63, 3.8) is 0 Å². The van der Waals surface area contributed by atoms with Gasteiger partial charge in [0, 0.05) is 0 Å². The first-order valence-electron chi connectivity index (χ1n) is 6.16. The smallest absolute Gasteiger partial charge is 0.335 e. The van der Waals surface area contributed by atoms with E-state index in [9.17, 15) is 9.90 Å². The van der Waals surface area contributed by atoms with Crippen LogP contribution in [0.3, 0.4) is 0 Å².